The van der Waals surface area contributed by atoms with Crippen molar-refractivity contribution in [3.8, 4) is 0 Å². The monoisotopic (exact) mass is 255 g/mol. The number of para-hydroxylation sites is 1. The Hall–Kier alpha value is -1.74. The maximum Gasteiger partial charge on any atom is 0.150 e. The first-order valence-corrected chi connectivity index (χ1v) is 6.71. The molecule has 0 saturated heterocycles. The number of hydrogen-bond donors (Lipinski definition) is 0. The SMILES string of the molecule is CN1c2ccccc2SC1c1cccc(C=O)c1. The molecule has 3 rings (SSSR count). The Bertz CT molecular complexity index is 597. The van der Waals surface area contributed by atoms with Gasteiger partial charge in [-0.3, -0.25) is 4.79 Å². The van der Waals surface area contributed by atoms with Crippen LogP contribution in [0.15, 0.2) is 53.4 Å². The summed E-state index contributed by atoms with van der Waals surface area (Å²) in [5, 5.41) is 0.252. The first-order chi connectivity index (χ1) is 8.79. The summed E-state index contributed by atoms with van der Waals surface area (Å²) < 4.78 is 0. The van der Waals surface area contributed by atoms with Crippen molar-refractivity contribution in [1.29, 1.82) is 0 Å². The summed E-state index contributed by atoms with van der Waals surface area (Å²) >= 11 is 1.83. The largest absolute Gasteiger partial charge is 0.357 e. The van der Waals surface area contributed by atoms with E-state index in [1.165, 1.54) is 16.1 Å². The van der Waals surface area contributed by atoms with Crippen molar-refractivity contribution in [2.45, 2.75) is 10.3 Å². The minimum absolute atomic E-state index is 0.252. The number of rotatable bonds is 2. The van der Waals surface area contributed by atoms with Gasteiger partial charge in [0.1, 0.15) is 11.7 Å². The van der Waals surface area contributed by atoms with E-state index in [4.69, 9.17) is 0 Å². The van der Waals surface area contributed by atoms with E-state index in [2.05, 4.69) is 42.3 Å². The normalized spacial score (nSPS) is 17.6. The molecule has 1 aliphatic rings. The van der Waals surface area contributed by atoms with E-state index in [1.54, 1.807) is 0 Å². The van der Waals surface area contributed by atoms with E-state index >= 15 is 0 Å². The van der Waals surface area contributed by atoms with Gasteiger partial charge in [0.05, 0.1) is 5.69 Å². The molecule has 0 N–H and O–H groups in total. The van der Waals surface area contributed by atoms with Crippen LogP contribution in [0.1, 0.15) is 21.3 Å². The Morgan fingerprint density at radius 2 is 2.00 bits per heavy atom. The van der Waals surface area contributed by atoms with E-state index in [9.17, 15) is 4.79 Å². The second-order valence-electron chi connectivity index (χ2n) is 4.34. The smallest absolute Gasteiger partial charge is 0.150 e. The average molecular weight is 255 g/mol. The lowest BCUT2D eigenvalue weighted by atomic mass is 10.1. The summed E-state index contributed by atoms with van der Waals surface area (Å²) in [6, 6.07) is 16.2. The van der Waals surface area contributed by atoms with Gasteiger partial charge in [0.2, 0.25) is 0 Å². The lowest BCUT2D eigenvalue weighted by Crippen LogP contribution is -2.17. The molecule has 1 unspecified atom stereocenters. The molecule has 0 amide bonds. The van der Waals surface area contributed by atoms with Gasteiger partial charge in [-0.2, -0.15) is 0 Å². The molecule has 1 atom stereocenters. The van der Waals surface area contributed by atoms with Crippen LogP contribution in [0.25, 0.3) is 0 Å². The number of carbonyl (C=O) groups is 1. The number of nitrogens with zero attached hydrogens (tertiary/aromatic N) is 1. The van der Waals surface area contributed by atoms with Crippen molar-refractivity contribution in [2.75, 3.05) is 11.9 Å². The molecular weight excluding hydrogens is 242 g/mol. The van der Waals surface area contributed by atoms with Crippen LogP contribution in [-0.2, 0) is 0 Å². The fourth-order valence-corrected chi connectivity index (χ4v) is 3.54. The highest BCUT2D eigenvalue weighted by molar-refractivity contribution is 8.00. The summed E-state index contributed by atoms with van der Waals surface area (Å²) in [6.07, 6.45) is 0.899. The Labute approximate surface area is 111 Å². The van der Waals surface area contributed by atoms with Gasteiger partial charge >= 0.3 is 0 Å². The molecule has 18 heavy (non-hydrogen) atoms. The highest BCUT2D eigenvalue weighted by Gasteiger charge is 2.28. The first kappa shape index (κ1) is 11.4. The third-order valence-corrected chi connectivity index (χ3v) is 4.58. The summed E-state index contributed by atoms with van der Waals surface area (Å²) in [6.45, 7) is 0. The molecule has 90 valence electrons. The van der Waals surface area contributed by atoms with Crippen LogP contribution in [0.3, 0.4) is 0 Å². The van der Waals surface area contributed by atoms with Gasteiger partial charge in [0, 0.05) is 17.5 Å². The van der Waals surface area contributed by atoms with E-state index in [-0.39, 0.29) is 5.37 Å². The van der Waals surface area contributed by atoms with E-state index in [1.807, 2.05) is 30.0 Å². The summed E-state index contributed by atoms with van der Waals surface area (Å²) in [7, 11) is 2.09. The molecule has 1 aliphatic heterocycles. The molecule has 2 aromatic rings. The van der Waals surface area contributed by atoms with Crippen molar-refractivity contribution in [3.63, 3.8) is 0 Å². The van der Waals surface area contributed by atoms with Gasteiger partial charge < -0.3 is 4.90 Å². The molecule has 0 radical (unpaired) electrons. The molecule has 0 saturated carbocycles. The highest BCUT2D eigenvalue weighted by Crippen LogP contribution is 2.50. The molecular formula is C15H13NOS. The molecule has 0 bridgehead atoms. The number of anilines is 1. The number of thioether (sulfide) groups is 1. The molecule has 1 heterocycles. The van der Waals surface area contributed by atoms with Crippen LogP contribution >= 0.6 is 11.8 Å². The number of fused-ring (bicyclic) bond motifs is 1. The zero-order valence-corrected chi connectivity index (χ0v) is 10.9. The lowest BCUT2D eigenvalue weighted by Gasteiger charge is -2.21. The summed E-state index contributed by atoms with van der Waals surface area (Å²) in [4.78, 5) is 14.4. The molecule has 0 fully saturated rings. The quantitative estimate of drug-likeness (QED) is 0.762. The van der Waals surface area contributed by atoms with Gasteiger partial charge in [-0.1, -0.05) is 42.1 Å². The van der Waals surface area contributed by atoms with E-state index < -0.39 is 0 Å². The minimum Gasteiger partial charge on any atom is -0.357 e. The molecule has 0 aliphatic carbocycles. The third kappa shape index (κ3) is 1.81. The van der Waals surface area contributed by atoms with E-state index in [0.29, 0.717) is 0 Å². The number of benzene rings is 2. The van der Waals surface area contributed by atoms with Crippen molar-refractivity contribution in [2.24, 2.45) is 0 Å². The van der Waals surface area contributed by atoms with Crippen LogP contribution in [0.4, 0.5) is 5.69 Å². The zero-order chi connectivity index (χ0) is 12.5. The average Bonchev–Trinajstić information content (AvgIpc) is 2.77. The van der Waals surface area contributed by atoms with Gasteiger partial charge in [0.25, 0.3) is 0 Å². The van der Waals surface area contributed by atoms with Gasteiger partial charge in [-0.15, -0.1) is 0 Å². The molecule has 2 aromatic carbocycles. The Kier molecular flexibility index (Phi) is 2.84. The van der Waals surface area contributed by atoms with Gasteiger partial charge in [-0.25, -0.2) is 0 Å². The zero-order valence-electron chi connectivity index (χ0n) is 10.0. The second kappa shape index (κ2) is 4.50. The lowest BCUT2D eigenvalue weighted by molar-refractivity contribution is 0.112. The maximum absolute atomic E-state index is 10.9. The summed E-state index contributed by atoms with van der Waals surface area (Å²) in [5.41, 5.74) is 3.16. The molecule has 0 aromatic heterocycles. The van der Waals surface area contributed by atoms with Crippen LogP contribution < -0.4 is 4.90 Å². The molecule has 0 spiro atoms. The van der Waals surface area contributed by atoms with Crippen molar-refractivity contribution in [3.05, 3.63) is 59.7 Å². The number of hydrogen-bond acceptors (Lipinski definition) is 3. The van der Waals surface area contributed by atoms with Gasteiger partial charge in [0.15, 0.2) is 0 Å². The van der Waals surface area contributed by atoms with Crippen LogP contribution in [0, 0.1) is 0 Å². The van der Waals surface area contributed by atoms with Gasteiger partial charge in [-0.05, 0) is 23.8 Å². The first-order valence-electron chi connectivity index (χ1n) is 5.83. The standard InChI is InChI=1S/C15H13NOS/c1-16-13-7-2-3-8-14(13)18-15(16)12-6-4-5-11(9-12)10-17/h2-10,15H,1H3. The highest BCUT2D eigenvalue weighted by atomic mass is 32.2. The fourth-order valence-electron chi connectivity index (χ4n) is 2.25. The second-order valence-corrected chi connectivity index (χ2v) is 5.46. The van der Waals surface area contributed by atoms with Crippen LogP contribution in [0.2, 0.25) is 0 Å². The Morgan fingerprint density at radius 1 is 1.17 bits per heavy atom. The minimum atomic E-state index is 0.252. The Balaban J connectivity index is 1.98. The van der Waals surface area contributed by atoms with Crippen LogP contribution in [0.5, 0.6) is 0 Å². The maximum atomic E-state index is 10.9. The Morgan fingerprint density at radius 3 is 2.78 bits per heavy atom. The molecule has 2 nitrogen and oxygen atoms in total. The topological polar surface area (TPSA) is 20.3 Å². The van der Waals surface area contributed by atoms with Crippen LogP contribution in [-0.4, -0.2) is 13.3 Å². The number of carbonyl (C=O) groups excluding carboxylic acids is 1. The summed E-state index contributed by atoms with van der Waals surface area (Å²) in [5.74, 6) is 0. The van der Waals surface area contributed by atoms with E-state index in [0.717, 1.165) is 11.8 Å². The molecule has 3 heteroatoms. The predicted octanol–water partition coefficient (Wildman–Crippen LogP) is 3.74. The number of aldehydes is 1. The predicted molar refractivity (Wildman–Crippen MR) is 75.3 cm³/mol. The third-order valence-electron chi connectivity index (χ3n) is 3.17. The fraction of sp³-hybridized carbons (Fsp3) is 0.133. The van der Waals surface area contributed by atoms with Crippen molar-refractivity contribution >= 4 is 23.7 Å². The van der Waals surface area contributed by atoms with Crippen molar-refractivity contribution < 1.29 is 4.79 Å². The van der Waals surface area contributed by atoms with Crippen molar-refractivity contribution in [1.82, 2.24) is 0 Å².